The van der Waals surface area contributed by atoms with Gasteiger partial charge in [0.2, 0.25) is 0 Å². The standard InChI is InChI=1S/C18H19NO3/c1-2-8-19-18(22)16-10-13(11-17(20)21)9-15(12-16)14-6-4-3-5-7-14/h3-7,9-10,12H,2,8,11H2,1H3,(H,19,22)(H,20,21). The maximum absolute atomic E-state index is 12.2. The molecule has 0 aromatic heterocycles. The first kappa shape index (κ1) is 15.8. The number of benzene rings is 2. The van der Waals surface area contributed by atoms with E-state index in [-0.39, 0.29) is 12.3 Å². The van der Waals surface area contributed by atoms with E-state index >= 15 is 0 Å². The van der Waals surface area contributed by atoms with Crippen molar-refractivity contribution in [3.63, 3.8) is 0 Å². The van der Waals surface area contributed by atoms with Gasteiger partial charge in [0.05, 0.1) is 6.42 Å². The molecular formula is C18H19NO3. The molecule has 0 fully saturated rings. The van der Waals surface area contributed by atoms with E-state index in [1.165, 1.54) is 0 Å². The summed E-state index contributed by atoms with van der Waals surface area (Å²) in [4.78, 5) is 23.1. The van der Waals surface area contributed by atoms with Crippen LogP contribution in [0.25, 0.3) is 11.1 Å². The lowest BCUT2D eigenvalue weighted by Gasteiger charge is -2.09. The number of nitrogens with one attached hydrogen (secondary N) is 1. The summed E-state index contributed by atoms with van der Waals surface area (Å²) in [5.74, 6) is -1.09. The first-order valence-electron chi connectivity index (χ1n) is 7.29. The largest absolute Gasteiger partial charge is 0.481 e. The van der Waals surface area contributed by atoms with Crippen LogP contribution in [0.1, 0.15) is 29.3 Å². The second-order valence-corrected chi connectivity index (χ2v) is 5.11. The summed E-state index contributed by atoms with van der Waals surface area (Å²) in [5, 5.41) is 11.8. The Morgan fingerprint density at radius 1 is 1.05 bits per heavy atom. The van der Waals surface area contributed by atoms with E-state index < -0.39 is 5.97 Å². The Kier molecular flexibility index (Phi) is 5.31. The average molecular weight is 297 g/mol. The number of aliphatic carboxylic acids is 1. The minimum absolute atomic E-state index is 0.102. The molecule has 0 saturated heterocycles. The van der Waals surface area contributed by atoms with E-state index in [4.69, 9.17) is 5.11 Å². The number of carboxylic acid groups (broad SMARTS) is 1. The topological polar surface area (TPSA) is 66.4 Å². The SMILES string of the molecule is CCCNC(=O)c1cc(CC(=O)O)cc(-c2ccccc2)c1. The highest BCUT2D eigenvalue weighted by molar-refractivity contribution is 5.96. The Morgan fingerprint density at radius 2 is 1.77 bits per heavy atom. The van der Waals surface area contributed by atoms with Crippen LogP contribution in [0.4, 0.5) is 0 Å². The van der Waals surface area contributed by atoms with E-state index in [9.17, 15) is 9.59 Å². The number of rotatable bonds is 6. The fourth-order valence-corrected chi connectivity index (χ4v) is 2.24. The number of hydrogen-bond acceptors (Lipinski definition) is 2. The quantitative estimate of drug-likeness (QED) is 0.861. The summed E-state index contributed by atoms with van der Waals surface area (Å²) in [6, 6.07) is 14.9. The number of carbonyl (C=O) groups is 2. The minimum atomic E-state index is -0.912. The van der Waals surface area contributed by atoms with Gasteiger partial charge in [0.1, 0.15) is 0 Å². The zero-order valence-electron chi connectivity index (χ0n) is 12.5. The molecule has 0 saturated carbocycles. The number of carboxylic acids is 1. The van der Waals surface area contributed by atoms with Gasteiger partial charge in [-0.1, -0.05) is 43.3 Å². The van der Waals surface area contributed by atoms with Crippen molar-refractivity contribution in [1.29, 1.82) is 0 Å². The van der Waals surface area contributed by atoms with Gasteiger partial charge in [-0.2, -0.15) is 0 Å². The van der Waals surface area contributed by atoms with Gasteiger partial charge in [0.15, 0.2) is 0 Å². The predicted molar refractivity (Wildman–Crippen MR) is 85.8 cm³/mol. The number of carbonyl (C=O) groups excluding carboxylic acids is 1. The fraction of sp³-hybridized carbons (Fsp3) is 0.222. The molecule has 114 valence electrons. The fourth-order valence-electron chi connectivity index (χ4n) is 2.24. The molecule has 0 bridgehead atoms. The monoisotopic (exact) mass is 297 g/mol. The van der Waals surface area contributed by atoms with E-state index in [2.05, 4.69) is 5.32 Å². The van der Waals surface area contributed by atoms with Gasteiger partial charge in [-0.25, -0.2) is 0 Å². The van der Waals surface area contributed by atoms with Crippen LogP contribution in [-0.4, -0.2) is 23.5 Å². The van der Waals surface area contributed by atoms with Gasteiger partial charge in [0.25, 0.3) is 5.91 Å². The Labute approximate surface area is 129 Å². The number of amides is 1. The van der Waals surface area contributed by atoms with Crippen LogP contribution >= 0.6 is 0 Å². The highest BCUT2D eigenvalue weighted by Crippen LogP contribution is 2.23. The van der Waals surface area contributed by atoms with E-state index in [0.717, 1.165) is 17.5 Å². The lowest BCUT2D eigenvalue weighted by atomic mass is 9.98. The number of hydrogen-bond donors (Lipinski definition) is 2. The third kappa shape index (κ3) is 4.19. The summed E-state index contributed by atoms with van der Waals surface area (Å²) in [5.41, 5.74) is 2.92. The molecule has 0 aliphatic heterocycles. The van der Waals surface area contributed by atoms with Crippen molar-refractivity contribution in [3.05, 3.63) is 59.7 Å². The molecule has 4 nitrogen and oxygen atoms in total. The van der Waals surface area contributed by atoms with E-state index in [1.54, 1.807) is 12.1 Å². The molecule has 1 amide bonds. The predicted octanol–water partition coefficient (Wildman–Crippen LogP) is 3.12. The van der Waals surface area contributed by atoms with Crippen molar-refractivity contribution in [1.82, 2.24) is 5.32 Å². The maximum Gasteiger partial charge on any atom is 0.307 e. The third-order valence-electron chi connectivity index (χ3n) is 3.25. The van der Waals surface area contributed by atoms with Gasteiger partial charge in [-0.05, 0) is 35.2 Å². The first-order chi connectivity index (χ1) is 10.6. The summed E-state index contributed by atoms with van der Waals surface area (Å²) in [6.07, 6.45) is 0.751. The molecule has 2 N–H and O–H groups in total. The molecule has 0 spiro atoms. The molecule has 2 rings (SSSR count). The maximum atomic E-state index is 12.2. The van der Waals surface area contributed by atoms with Crippen LogP contribution in [0.5, 0.6) is 0 Å². The highest BCUT2D eigenvalue weighted by Gasteiger charge is 2.11. The Morgan fingerprint density at radius 3 is 2.41 bits per heavy atom. The van der Waals surface area contributed by atoms with E-state index in [0.29, 0.717) is 17.7 Å². The van der Waals surface area contributed by atoms with Crippen molar-refractivity contribution in [2.75, 3.05) is 6.54 Å². The molecule has 0 unspecified atom stereocenters. The van der Waals surface area contributed by atoms with Gasteiger partial charge in [-0.15, -0.1) is 0 Å². The molecule has 0 atom stereocenters. The summed E-state index contributed by atoms with van der Waals surface area (Å²) < 4.78 is 0. The molecule has 0 heterocycles. The average Bonchev–Trinajstić information content (AvgIpc) is 2.52. The van der Waals surface area contributed by atoms with Gasteiger partial charge in [0, 0.05) is 12.1 Å². The van der Waals surface area contributed by atoms with E-state index in [1.807, 2.05) is 43.3 Å². The van der Waals surface area contributed by atoms with Crippen LogP contribution < -0.4 is 5.32 Å². The summed E-state index contributed by atoms with van der Waals surface area (Å²) in [7, 11) is 0. The second kappa shape index (κ2) is 7.41. The molecule has 0 aliphatic rings. The molecule has 0 radical (unpaired) electrons. The van der Waals surface area contributed by atoms with Gasteiger partial charge < -0.3 is 10.4 Å². The summed E-state index contributed by atoms with van der Waals surface area (Å²) in [6.45, 7) is 2.58. The lowest BCUT2D eigenvalue weighted by Crippen LogP contribution is -2.24. The zero-order valence-corrected chi connectivity index (χ0v) is 12.5. The molecule has 22 heavy (non-hydrogen) atoms. The van der Waals surface area contributed by atoms with Gasteiger partial charge >= 0.3 is 5.97 Å². The Hall–Kier alpha value is -2.62. The smallest absolute Gasteiger partial charge is 0.307 e. The van der Waals surface area contributed by atoms with Crippen LogP contribution in [0.2, 0.25) is 0 Å². The van der Waals surface area contributed by atoms with Gasteiger partial charge in [-0.3, -0.25) is 9.59 Å². The molecule has 2 aromatic carbocycles. The normalized spacial score (nSPS) is 10.2. The van der Waals surface area contributed by atoms with Crippen LogP contribution in [0.3, 0.4) is 0 Å². The van der Waals surface area contributed by atoms with Crippen molar-refractivity contribution in [3.8, 4) is 11.1 Å². The molecule has 2 aromatic rings. The Bertz CT molecular complexity index is 665. The van der Waals surface area contributed by atoms with Crippen molar-refractivity contribution >= 4 is 11.9 Å². The second-order valence-electron chi connectivity index (χ2n) is 5.11. The van der Waals surface area contributed by atoms with Crippen molar-refractivity contribution in [2.45, 2.75) is 19.8 Å². The van der Waals surface area contributed by atoms with Crippen LogP contribution in [0, 0.1) is 0 Å². The Balaban J connectivity index is 2.40. The van der Waals surface area contributed by atoms with Crippen LogP contribution in [-0.2, 0) is 11.2 Å². The minimum Gasteiger partial charge on any atom is -0.481 e. The third-order valence-corrected chi connectivity index (χ3v) is 3.25. The lowest BCUT2D eigenvalue weighted by molar-refractivity contribution is -0.136. The van der Waals surface area contributed by atoms with Crippen LogP contribution in [0.15, 0.2) is 48.5 Å². The highest BCUT2D eigenvalue weighted by atomic mass is 16.4. The van der Waals surface area contributed by atoms with Crippen molar-refractivity contribution < 1.29 is 14.7 Å². The van der Waals surface area contributed by atoms with Crippen molar-refractivity contribution in [2.24, 2.45) is 0 Å². The molecule has 0 aliphatic carbocycles. The molecule has 4 heteroatoms. The summed E-state index contributed by atoms with van der Waals surface area (Å²) >= 11 is 0. The zero-order chi connectivity index (χ0) is 15.9. The molecular weight excluding hydrogens is 278 g/mol. The first-order valence-corrected chi connectivity index (χ1v) is 7.29.